The number of ether oxygens (including phenoxy) is 1. The second-order valence-corrected chi connectivity index (χ2v) is 5.12. The second-order valence-electron chi connectivity index (χ2n) is 4.27. The zero-order valence-corrected chi connectivity index (χ0v) is 12.6. The van der Waals surface area contributed by atoms with E-state index in [-0.39, 0.29) is 6.61 Å². The first-order valence-corrected chi connectivity index (χ1v) is 6.99. The molecule has 102 valence electrons. The lowest BCUT2D eigenvalue weighted by atomic mass is 10.2. The molecule has 5 heteroatoms. The zero-order valence-electron chi connectivity index (χ0n) is 11.1. The van der Waals surface area contributed by atoms with Crippen molar-refractivity contribution in [3.8, 4) is 5.75 Å². The normalized spacial score (nSPS) is 10.7. The summed E-state index contributed by atoms with van der Waals surface area (Å²) < 4.78 is 8.60. The minimum absolute atomic E-state index is 0.0408. The fourth-order valence-electron chi connectivity index (χ4n) is 1.97. The molecule has 1 aromatic carbocycles. The van der Waals surface area contributed by atoms with Gasteiger partial charge >= 0.3 is 0 Å². The van der Waals surface area contributed by atoms with Crippen LogP contribution in [0.2, 0.25) is 0 Å². The van der Waals surface area contributed by atoms with E-state index >= 15 is 0 Å². The van der Waals surface area contributed by atoms with Crippen molar-refractivity contribution in [1.82, 2.24) is 9.78 Å². The van der Waals surface area contributed by atoms with Gasteiger partial charge in [0.05, 0.1) is 22.5 Å². The summed E-state index contributed by atoms with van der Waals surface area (Å²) in [7, 11) is 0. The van der Waals surface area contributed by atoms with Crippen molar-refractivity contribution in [2.45, 2.75) is 33.6 Å². The number of halogens is 1. The molecular weight excluding hydrogens is 308 g/mol. The Morgan fingerprint density at radius 2 is 2.21 bits per heavy atom. The Bertz CT molecular complexity index is 567. The van der Waals surface area contributed by atoms with E-state index in [1.807, 2.05) is 42.8 Å². The molecule has 1 heterocycles. The molecule has 0 spiro atoms. The highest BCUT2D eigenvalue weighted by atomic mass is 79.9. The van der Waals surface area contributed by atoms with Gasteiger partial charge in [0.25, 0.3) is 0 Å². The Hall–Kier alpha value is -1.33. The van der Waals surface area contributed by atoms with Crippen molar-refractivity contribution in [2.75, 3.05) is 0 Å². The van der Waals surface area contributed by atoms with Crippen LogP contribution < -0.4 is 4.74 Å². The summed E-state index contributed by atoms with van der Waals surface area (Å²) in [5.41, 5.74) is 2.78. The number of benzene rings is 1. The van der Waals surface area contributed by atoms with Crippen LogP contribution in [-0.2, 0) is 19.8 Å². The van der Waals surface area contributed by atoms with E-state index in [0.717, 1.165) is 28.0 Å². The molecule has 0 aliphatic heterocycles. The zero-order chi connectivity index (χ0) is 13.8. The maximum absolute atomic E-state index is 9.33. The SMILES string of the molecule is CCn1nc(C)cc1COc1c(Br)cccc1CO. The van der Waals surface area contributed by atoms with Crippen molar-refractivity contribution in [3.05, 3.63) is 45.7 Å². The minimum Gasteiger partial charge on any atom is -0.486 e. The maximum Gasteiger partial charge on any atom is 0.139 e. The summed E-state index contributed by atoms with van der Waals surface area (Å²) in [5, 5.41) is 13.7. The molecule has 1 N–H and O–H groups in total. The van der Waals surface area contributed by atoms with Gasteiger partial charge in [-0.3, -0.25) is 4.68 Å². The van der Waals surface area contributed by atoms with Crippen LogP contribution >= 0.6 is 15.9 Å². The van der Waals surface area contributed by atoms with Gasteiger partial charge in [-0.1, -0.05) is 12.1 Å². The Kier molecular flexibility index (Phi) is 4.61. The number of para-hydroxylation sites is 1. The second kappa shape index (κ2) is 6.21. The van der Waals surface area contributed by atoms with Gasteiger partial charge in [-0.2, -0.15) is 5.10 Å². The van der Waals surface area contributed by atoms with E-state index in [9.17, 15) is 5.11 Å². The quantitative estimate of drug-likeness (QED) is 0.919. The molecule has 0 fully saturated rings. The van der Waals surface area contributed by atoms with E-state index in [1.54, 1.807) is 0 Å². The summed E-state index contributed by atoms with van der Waals surface area (Å²) in [6.45, 7) is 5.22. The van der Waals surface area contributed by atoms with Crippen LogP contribution in [-0.4, -0.2) is 14.9 Å². The van der Waals surface area contributed by atoms with E-state index in [4.69, 9.17) is 4.74 Å². The number of hydrogen-bond acceptors (Lipinski definition) is 3. The van der Waals surface area contributed by atoms with Crippen molar-refractivity contribution in [2.24, 2.45) is 0 Å². The standard InChI is InChI=1S/C14H17BrN2O2/c1-3-17-12(7-10(2)16-17)9-19-14-11(8-18)5-4-6-13(14)15/h4-7,18H,3,8-9H2,1-2H3. The Balaban J connectivity index is 2.18. The first-order valence-electron chi connectivity index (χ1n) is 6.20. The lowest BCUT2D eigenvalue weighted by Gasteiger charge is -2.12. The van der Waals surface area contributed by atoms with Gasteiger partial charge in [-0.05, 0) is 41.9 Å². The third-order valence-electron chi connectivity index (χ3n) is 2.87. The molecule has 0 saturated heterocycles. The van der Waals surface area contributed by atoms with Crippen LogP contribution in [0.25, 0.3) is 0 Å². The van der Waals surface area contributed by atoms with Crippen molar-refractivity contribution in [1.29, 1.82) is 0 Å². The average molecular weight is 325 g/mol. The molecule has 0 aliphatic rings. The lowest BCUT2D eigenvalue weighted by molar-refractivity contribution is 0.253. The molecule has 19 heavy (non-hydrogen) atoms. The number of aryl methyl sites for hydroxylation is 2. The Morgan fingerprint density at radius 1 is 1.42 bits per heavy atom. The molecule has 0 atom stereocenters. The maximum atomic E-state index is 9.33. The number of aromatic nitrogens is 2. The Morgan fingerprint density at radius 3 is 2.89 bits per heavy atom. The number of rotatable bonds is 5. The van der Waals surface area contributed by atoms with E-state index in [0.29, 0.717) is 12.4 Å². The predicted molar refractivity (Wildman–Crippen MR) is 77.0 cm³/mol. The monoisotopic (exact) mass is 324 g/mol. The highest BCUT2D eigenvalue weighted by Gasteiger charge is 2.10. The third-order valence-corrected chi connectivity index (χ3v) is 3.49. The minimum atomic E-state index is -0.0408. The molecule has 0 unspecified atom stereocenters. The molecule has 0 radical (unpaired) electrons. The summed E-state index contributed by atoms with van der Waals surface area (Å²) in [4.78, 5) is 0. The van der Waals surface area contributed by atoms with Crippen molar-refractivity contribution in [3.63, 3.8) is 0 Å². The van der Waals surface area contributed by atoms with Crippen LogP contribution in [0, 0.1) is 6.92 Å². The van der Waals surface area contributed by atoms with Gasteiger partial charge in [0.15, 0.2) is 0 Å². The molecule has 2 aromatic rings. The third kappa shape index (κ3) is 3.16. The number of hydrogen-bond donors (Lipinski definition) is 1. The van der Waals surface area contributed by atoms with Gasteiger partial charge < -0.3 is 9.84 Å². The topological polar surface area (TPSA) is 47.3 Å². The van der Waals surface area contributed by atoms with Crippen LogP contribution in [0.4, 0.5) is 0 Å². The molecule has 0 saturated carbocycles. The van der Waals surface area contributed by atoms with E-state index in [1.165, 1.54) is 0 Å². The summed E-state index contributed by atoms with van der Waals surface area (Å²) in [6, 6.07) is 7.64. The Labute approximate surface area is 121 Å². The number of nitrogens with zero attached hydrogens (tertiary/aromatic N) is 2. The molecule has 1 aromatic heterocycles. The predicted octanol–water partition coefficient (Wildman–Crippen LogP) is 3.05. The largest absolute Gasteiger partial charge is 0.486 e. The highest BCUT2D eigenvalue weighted by molar-refractivity contribution is 9.10. The van der Waals surface area contributed by atoms with E-state index < -0.39 is 0 Å². The summed E-state index contributed by atoms with van der Waals surface area (Å²) >= 11 is 3.44. The van der Waals surface area contributed by atoms with Gasteiger partial charge in [0.2, 0.25) is 0 Å². The molecule has 0 aliphatic carbocycles. The van der Waals surface area contributed by atoms with Gasteiger partial charge in [0, 0.05) is 12.1 Å². The average Bonchev–Trinajstić information content (AvgIpc) is 2.77. The van der Waals surface area contributed by atoms with Crippen LogP contribution in [0.1, 0.15) is 23.9 Å². The lowest BCUT2D eigenvalue weighted by Crippen LogP contribution is -2.07. The molecular formula is C14H17BrN2O2. The fourth-order valence-corrected chi connectivity index (χ4v) is 2.50. The molecule has 2 rings (SSSR count). The molecule has 4 nitrogen and oxygen atoms in total. The van der Waals surface area contributed by atoms with Crippen LogP contribution in [0.15, 0.2) is 28.7 Å². The van der Waals surface area contributed by atoms with E-state index in [2.05, 4.69) is 21.0 Å². The summed E-state index contributed by atoms with van der Waals surface area (Å²) in [5.74, 6) is 0.687. The first-order chi connectivity index (χ1) is 9.15. The van der Waals surface area contributed by atoms with Gasteiger partial charge in [-0.25, -0.2) is 0 Å². The molecule has 0 bridgehead atoms. The van der Waals surface area contributed by atoms with Crippen molar-refractivity contribution >= 4 is 15.9 Å². The molecule has 0 amide bonds. The van der Waals surface area contributed by atoms with Crippen LogP contribution in [0.5, 0.6) is 5.75 Å². The first kappa shape index (κ1) is 14.1. The van der Waals surface area contributed by atoms with Gasteiger partial charge in [0.1, 0.15) is 12.4 Å². The smallest absolute Gasteiger partial charge is 0.139 e. The number of aliphatic hydroxyl groups is 1. The highest BCUT2D eigenvalue weighted by Crippen LogP contribution is 2.29. The number of aliphatic hydroxyl groups excluding tert-OH is 1. The fraction of sp³-hybridized carbons (Fsp3) is 0.357. The van der Waals surface area contributed by atoms with Gasteiger partial charge in [-0.15, -0.1) is 0 Å². The van der Waals surface area contributed by atoms with Crippen LogP contribution in [0.3, 0.4) is 0 Å². The van der Waals surface area contributed by atoms with Crippen molar-refractivity contribution < 1.29 is 9.84 Å². The summed E-state index contributed by atoms with van der Waals surface area (Å²) in [6.07, 6.45) is 0.